The lowest BCUT2D eigenvalue weighted by atomic mass is 9.94. The van der Waals surface area contributed by atoms with Gasteiger partial charge in [-0.05, 0) is 19.4 Å². The second-order valence-corrected chi connectivity index (χ2v) is 5.33. The molecule has 1 unspecified atom stereocenters. The van der Waals surface area contributed by atoms with Crippen LogP contribution in [0.2, 0.25) is 0 Å². The van der Waals surface area contributed by atoms with Crippen LogP contribution in [-0.2, 0) is 11.8 Å². The molecule has 9 heteroatoms. The van der Waals surface area contributed by atoms with Crippen molar-refractivity contribution in [3.63, 3.8) is 0 Å². The van der Waals surface area contributed by atoms with Crippen molar-refractivity contribution >= 4 is 0 Å². The molecule has 0 fully saturated rings. The highest BCUT2D eigenvalue weighted by molar-refractivity contribution is 5.55. The van der Waals surface area contributed by atoms with E-state index in [-0.39, 0.29) is 22.7 Å². The molecule has 0 saturated heterocycles. The number of rotatable bonds is 3. The summed E-state index contributed by atoms with van der Waals surface area (Å²) < 4.78 is 61.4. The summed E-state index contributed by atoms with van der Waals surface area (Å²) in [6.45, 7) is 2.97. The van der Waals surface area contributed by atoms with E-state index in [0.717, 1.165) is 0 Å². The summed E-state index contributed by atoms with van der Waals surface area (Å²) in [5.74, 6) is -1.63. The molecule has 0 N–H and O–H groups in total. The Kier molecular flexibility index (Phi) is 3.66. The van der Waals surface area contributed by atoms with E-state index in [4.69, 9.17) is 4.52 Å². The third-order valence-corrected chi connectivity index (χ3v) is 3.44. The molecule has 5 nitrogen and oxygen atoms in total. The van der Waals surface area contributed by atoms with E-state index in [1.54, 1.807) is 6.92 Å². The number of hydrogen-bond donors (Lipinski definition) is 0. The Labute approximate surface area is 133 Å². The Bertz CT molecular complexity index is 850. The Morgan fingerprint density at radius 2 is 1.62 bits per heavy atom. The molecule has 0 amide bonds. The fourth-order valence-electron chi connectivity index (χ4n) is 2.12. The molecule has 0 bridgehead atoms. The van der Waals surface area contributed by atoms with E-state index in [0.29, 0.717) is 5.69 Å². The van der Waals surface area contributed by atoms with Crippen molar-refractivity contribution in [3.05, 3.63) is 53.2 Å². The lowest BCUT2D eigenvalue weighted by Crippen LogP contribution is -2.16. The highest BCUT2D eigenvalue weighted by atomic mass is 19.4. The van der Waals surface area contributed by atoms with Crippen LogP contribution in [0.1, 0.15) is 29.8 Å². The Balaban J connectivity index is 1.89. The zero-order valence-electron chi connectivity index (χ0n) is 12.6. The molecule has 0 spiro atoms. The molecule has 0 saturated carbocycles. The maximum atomic E-state index is 14.9. The Morgan fingerprint density at radius 3 is 2.12 bits per heavy atom. The molecule has 2 heterocycles. The van der Waals surface area contributed by atoms with E-state index < -0.39 is 17.7 Å². The molecule has 126 valence electrons. The van der Waals surface area contributed by atoms with E-state index >= 15 is 0 Å². The fraction of sp³-hybridized carbons (Fsp3) is 0.267. The standard InChI is InChI=1S/C15H11F4N3O2/c1-8-7-11(23-21-8)14(2,16)10-5-3-9(4-6-10)12-20-13(24-22-12)15(17,18)19/h3-7H,1-2H3. The van der Waals surface area contributed by atoms with Crippen LogP contribution in [0.25, 0.3) is 11.4 Å². The fourth-order valence-corrected chi connectivity index (χ4v) is 2.12. The monoisotopic (exact) mass is 341 g/mol. The average molecular weight is 341 g/mol. The van der Waals surface area contributed by atoms with Crippen LogP contribution in [0, 0.1) is 6.92 Å². The number of halogens is 4. The molecule has 0 aliphatic heterocycles. The van der Waals surface area contributed by atoms with Gasteiger partial charge in [0.2, 0.25) is 5.82 Å². The van der Waals surface area contributed by atoms with Crippen molar-refractivity contribution in [2.45, 2.75) is 25.7 Å². The quantitative estimate of drug-likeness (QED) is 0.665. The lowest BCUT2D eigenvalue weighted by molar-refractivity contribution is -0.159. The number of nitrogens with zero attached hydrogens (tertiary/aromatic N) is 3. The molecule has 24 heavy (non-hydrogen) atoms. The van der Waals surface area contributed by atoms with Gasteiger partial charge >= 0.3 is 12.1 Å². The Hall–Kier alpha value is -2.71. The maximum Gasteiger partial charge on any atom is 0.471 e. The van der Waals surface area contributed by atoms with E-state index in [1.165, 1.54) is 37.3 Å². The van der Waals surface area contributed by atoms with Gasteiger partial charge in [0.05, 0.1) is 5.69 Å². The van der Waals surface area contributed by atoms with Crippen LogP contribution >= 0.6 is 0 Å². The first-order valence-electron chi connectivity index (χ1n) is 6.82. The van der Waals surface area contributed by atoms with Crippen LogP contribution in [0.15, 0.2) is 39.4 Å². The smallest absolute Gasteiger partial charge is 0.357 e. The Morgan fingerprint density at radius 1 is 0.958 bits per heavy atom. The number of benzene rings is 1. The van der Waals surface area contributed by atoms with E-state index in [9.17, 15) is 17.6 Å². The second kappa shape index (κ2) is 5.43. The zero-order valence-corrected chi connectivity index (χ0v) is 12.6. The van der Waals surface area contributed by atoms with Gasteiger partial charge in [-0.2, -0.15) is 18.2 Å². The van der Waals surface area contributed by atoms with Gasteiger partial charge in [-0.15, -0.1) is 0 Å². The summed E-state index contributed by atoms with van der Waals surface area (Å²) in [6.07, 6.45) is -4.72. The molecular formula is C15H11F4N3O2. The molecule has 0 aliphatic rings. The van der Waals surface area contributed by atoms with Gasteiger partial charge < -0.3 is 9.05 Å². The first kappa shape index (κ1) is 16.2. The first-order chi connectivity index (χ1) is 11.2. The van der Waals surface area contributed by atoms with Crippen molar-refractivity contribution in [3.8, 4) is 11.4 Å². The molecule has 0 aliphatic carbocycles. The van der Waals surface area contributed by atoms with E-state index in [2.05, 4.69) is 19.8 Å². The van der Waals surface area contributed by atoms with Gasteiger partial charge in [-0.1, -0.05) is 34.6 Å². The van der Waals surface area contributed by atoms with Gasteiger partial charge in [0.15, 0.2) is 11.4 Å². The van der Waals surface area contributed by atoms with Crippen molar-refractivity contribution in [2.75, 3.05) is 0 Å². The van der Waals surface area contributed by atoms with Crippen LogP contribution in [-0.4, -0.2) is 15.3 Å². The molecule has 3 rings (SSSR count). The van der Waals surface area contributed by atoms with Crippen LogP contribution in [0.3, 0.4) is 0 Å². The summed E-state index contributed by atoms with van der Waals surface area (Å²) >= 11 is 0. The summed E-state index contributed by atoms with van der Waals surface area (Å²) in [7, 11) is 0. The van der Waals surface area contributed by atoms with Crippen molar-refractivity contribution in [2.24, 2.45) is 0 Å². The van der Waals surface area contributed by atoms with E-state index in [1.807, 2.05) is 0 Å². The first-order valence-corrected chi connectivity index (χ1v) is 6.82. The largest absolute Gasteiger partial charge is 0.471 e. The van der Waals surface area contributed by atoms with Crippen molar-refractivity contribution in [1.82, 2.24) is 15.3 Å². The van der Waals surface area contributed by atoms with Crippen LogP contribution < -0.4 is 0 Å². The minimum absolute atomic E-state index is 0.0340. The number of alkyl halides is 4. The summed E-state index contributed by atoms with van der Waals surface area (Å²) in [4.78, 5) is 3.28. The summed E-state index contributed by atoms with van der Waals surface area (Å²) in [5, 5.41) is 6.92. The van der Waals surface area contributed by atoms with Crippen LogP contribution in [0.4, 0.5) is 17.6 Å². The number of hydrogen-bond acceptors (Lipinski definition) is 5. The highest BCUT2D eigenvalue weighted by Gasteiger charge is 2.38. The van der Waals surface area contributed by atoms with Gasteiger partial charge in [-0.3, -0.25) is 0 Å². The summed E-state index contributed by atoms with van der Waals surface area (Å²) in [5.41, 5.74) is -0.879. The third-order valence-electron chi connectivity index (χ3n) is 3.44. The normalized spacial score (nSPS) is 14.6. The lowest BCUT2D eigenvalue weighted by Gasteiger charge is -2.17. The predicted octanol–water partition coefficient (Wildman–Crippen LogP) is 4.28. The number of aryl methyl sites for hydroxylation is 1. The number of aromatic nitrogens is 3. The molecule has 0 radical (unpaired) electrons. The second-order valence-electron chi connectivity index (χ2n) is 5.33. The minimum Gasteiger partial charge on any atom is -0.357 e. The molecule has 1 aromatic carbocycles. The van der Waals surface area contributed by atoms with Gasteiger partial charge in [0.25, 0.3) is 0 Å². The SMILES string of the molecule is Cc1cc(C(C)(F)c2ccc(-c3noc(C(F)(F)F)n3)cc2)on1. The highest BCUT2D eigenvalue weighted by Crippen LogP contribution is 2.35. The minimum atomic E-state index is -4.72. The average Bonchev–Trinajstić information content (AvgIpc) is 3.16. The third kappa shape index (κ3) is 2.89. The molecular weight excluding hydrogens is 330 g/mol. The van der Waals surface area contributed by atoms with Gasteiger partial charge in [0, 0.05) is 11.6 Å². The van der Waals surface area contributed by atoms with Crippen molar-refractivity contribution < 1.29 is 26.6 Å². The molecule has 2 aromatic heterocycles. The van der Waals surface area contributed by atoms with Gasteiger partial charge in [0.1, 0.15) is 0 Å². The maximum absolute atomic E-state index is 14.9. The summed E-state index contributed by atoms with van der Waals surface area (Å²) in [6, 6.07) is 7.11. The predicted molar refractivity (Wildman–Crippen MR) is 73.5 cm³/mol. The molecule has 1 atom stereocenters. The zero-order chi connectivity index (χ0) is 17.5. The molecule has 3 aromatic rings. The van der Waals surface area contributed by atoms with Gasteiger partial charge in [-0.25, -0.2) is 4.39 Å². The van der Waals surface area contributed by atoms with Crippen molar-refractivity contribution in [1.29, 1.82) is 0 Å². The van der Waals surface area contributed by atoms with Crippen LogP contribution in [0.5, 0.6) is 0 Å². The topological polar surface area (TPSA) is 65.0 Å².